The average molecular weight is 223 g/mol. The minimum absolute atomic E-state index is 0.292. The van der Waals surface area contributed by atoms with Crippen LogP contribution >= 0.6 is 0 Å². The summed E-state index contributed by atoms with van der Waals surface area (Å²) in [7, 11) is 1.79. The van der Waals surface area contributed by atoms with Gasteiger partial charge in [0.05, 0.1) is 11.6 Å². The topological polar surface area (TPSA) is 68.0 Å². The van der Waals surface area contributed by atoms with Gasteiger partial charge in [-0.25, -0.2) is 0 Å². The summed E-state index contributed by atoms with van der Waals surface area (Å²) < 4.78 is 1.61. The highest BCUT2D eigenvalue weighted by Gasteiger charge is 2.31. The molecule has 1 heterocycles. The van der Waals surface area contributed by atoms with Gasteiger partial charge in [0.15, 0.2) is 0 Å². The number of hydrogen-bond donors (Lipinski definition) is 1. The van der Waals surface area contributed by atoms with Gasteiger partial charge in [0.25, 0.3) is 0 Å². The molecule has 0 saturated heterocycles. The van der Waals surface area contributed by atoms with Gasteiger partial charge in [0.1, 0.15) is 0 Å². The number of aromatic nitrogens is 3. The molecule has 0 amide bonds. The van der Waals surface area contributed by atoms with E-state index in [-0.39, 0.29) is 5.92 Å². The van der Waals surface area contributed by atoms with Crippen LogP contribution in [0.15, 0.2) is 6.20 Å². The van der Waals surface area contributed by atoms with Gasteiger partial charge in [0, 0.05) is 19.7 Å². The second-order valence-electron chi connectivity index (χ2n) is 4.58. The smallest absolute Gasteiger partial charge is 0.307 e. The summed E-state index contributed by atoms with van der Waals surface area (Å²) in [6, 6.07) is 0. The Morgan fingerprint density at radius 2 is 2.31 bits per heavy atom. The molecule has 0 bridgehead atoms. The van der Waals surface area contributed by atoms with E-state index in [0.717, 1.165) is 31.4 Å². The highest BCUT2D eigenvalue weighted by molar-refractivity contribution is 5.70. The third-order valence-corrected chi connectivity index (χ3v) is 3.37. The molecule has 1 unspecified atom stereocenters. The Morgan fingerprint density at radius 3 is 2.81 bits per heavy atom. The van der Waals surface area contributed by atoms with E-state index in [1.54, 1.807) is 17.9 Å². The van der Waals surface area contributed by atoms with E-state index in [9.17, 15) is 9.90 Å². The van der Waals surface area contributed by atoms with Crippen molar-refractivity contribution in [2.75, 3.05) is 0 Å². The van der Waals surface area contributed by atoms with E-state index in [1.165, 1.54) is 0 Å². The molecule has 1 aromatic rings. The van der Waals surface area contributed by atoms with Gasteiger partial charge in [-0.3, -0.25) is 9.48 Å². The normalized spacial score (nSPS) is 18.8. The SMILES string of the molecule is Cn1cc(CC(C(=O)O)C2CCCC2)nn1. The number of hydrogen-bond acceptors (Lipinski definition) is 3. The Kier molecular flexibility index (Phi) is 3.22. The molecular formula is C11H17N3O2. The zero-order valence-electron chi connectivity index (χ0n) is 9.46. The summed E-state index contributed by atoms with van der Waals surface area (Å²) in [6.45, 7) is 0. The van der Waals surface area contributed by atoms with E-state index in [2.05, 4.69) is 10.3 Å². The van der Waals surface area contributed by atoms with Gasteiger partial charge in [-0.1, -0.05) is 18.1 Å². The molecule has 1 saturated carbocycles. The number of aryl methyl sites for hydroxylation is 1. The van der Waals surface area contributed by atoms with E-state index < -0.39 is 5.97 Å². The van der Waals surface area contributed by atoms with Crippen LogP contribution in [0, 0.1) is 11.8 Å². The molecule has 0 spiro atoms. The highest BCUT2D eigenvalue weighted by Crippen LogP contribution is 2.33. The molecule has 1 fully saturated rings. The second kappa shape index (κ2) is 4.63. The van der Waals surface area contributed by atoms with Crippen LogP contribution in [0.3, 0.4) is 0 Å². The Bertz CT molecular complexity index is 369. The van der Waals surface area contributed by atoms with Gasteiger partial charge >= 0.3 is 5.97 Å². The second-order valence-corrected chi connectivity index (χ2v) is 4.58. The van der Waals surface area contributed by atoms with E-state index in [1.807, 2.05) is 0 Å². The van der Waals surface area contributed by atoms with Crippen molar-refractivity contribution < 1.29 is 9.90 Å². The summed E-state index contributed by atoms with van der Waals surface area (Å²) >= 11 is 0. The van der Waals surface area contributed by atoms with Crippen molar-refractivity contribution in [3.63, 3.8) is 0 Å². The van der Waals surface area contributed by atoms with Crippen LogP contribution in [-0.4, -0.2) is 26.1 Å². The summed E-state index contributed by atoms with van der Waals surface area (Å²) in [6.07, 6.45) is 6.71. The van der Waals surface area contributed by atoms with Crippen molar-refractivity contribution in [2.24, 2.45) is 18.9 Å². The maximum Gasteiger partial charge on any atom is 0.307 e. The molecule has 2 rings (SSSR count). The molecule has 5 nitrogen and oxygen atoms in total. The zero-order chi connectivity index (χ0) is 11.5. The molecule has 1 aromatic heterocycles. The largest absolute Gasteiger partial charge is 0.481 e. The summed E-state index contributed by atoms with van der Waals surface area (Å²) in [5.41, 5.74) is 0.779. The highest BCUT2D eigenvalue weighted by atomic mass is 16.4. The molecule has 1 atom stereocenters. The Morgan fingerprint density at radius 1 is 1.62 bits per heavy atom. The maximum absolute atomic E-state index is 11.2. The fourth-order valence-electron chi connectivity index (χ4n) is 2.53. The first-order valence-electron chi connectivity index (χ1n) is 5.75. The third-order valence-electron chi connectivity index (χ3n) is 3.37. The Balaban J connectivity index is 2.05. The van der Waals surface area contributed by atoms with E-state index in [0.29, 0.717) is 12.3 Å². The van der Waals surface area contributed by atoms with Crippen molar-refractivity contribution >= 4 is 5.97 Å². The van der Waals surface area contributed by atoms with Crippen molar-refractivity contribution in [2.45, 2.75) is 32.1 Å². The van der Waals surface area contributed by atoms with E-state index in [4.69, 9.17) is 0 Å². The first-order chi connectivity index (χ1) is 7.66. The van der Waals surface area contributed by atoms with Crippen LogP contribution in [-0.2, 0) is 18.3 Å². The monoisotopic (exact) mass is 223 g/mol. The quantitative estimate of drug-likeness (QED) is 0.834. The maximum atomic E-state index is 11.2. The predicted molar refractivity (Wildman–Crippen MR) is 57.8 cm³/mol. The third kappa shape index (κ3) is 2.40. The van der Waals surface area contributed by atoms with Gasteiger partial charge in [-0.15, -0.1) is 5.10 Å². The first kappa shape index (κ1) is 11.1. The van der Waals surface area contributed by atoms with Crippen molar-refractivity contribution in [3.8, 4) is 0 Å². The fraction of sp³-hybridized carbons (Fsp3) is 0.727. The molecule has 0 aliphatic heterocycles. The zero-order valence-corrected chi connectivity index (χ0v) is 9.46. The molecule has 0 radical (unpaired) electrons. The lowest BCUT2D eigenvalue weighted by atomic mass is 9.87. The number of rotatable bonds is 4. The molecule has 88 valence electrons. The lowest BCUT2D eigenvalue weighted by Gasteiger charge is -2.17. The van der Waals surface area contributed by atoms with Gasteiger partial charge < -0.3 is 5.11 Å². The molecular weight excluding hydrogens is 206 g/mol. The first-order valence-corrected chi connectivity index (χ1v) is 5.75. The van der Waals surface area contributed by atoms with Gasteiger partial charge in [-0.2, -0.15) is 0 Å². The molecule has 0 aromatic carbocycles. The number of carbonyl (C=O) groups is 1. The molecule has 1 N–H and O–H groups in total. The fourth-order valence-corrected chi connectivity index (χ4v) is 2.53. The van der Waals surface area contributed by atoms with Gasteiger partial charge in [0.2, 0.25) is 0 Å². The minimum Gasteiger partial charge on any atom is -0.481 e. The lowest BCUT2D eigenvalue weighted by molar-refractivity contribution is -0.143. The van der Waals surface area contributed by atoms with Crippen LogP contribution in [0.4, 0.5) is 0 Å². The predicted octanol–water partition coefficient (Wildman–Crippen LogP) is 1.25. The van der Waals surface area contributed by atoms with E-state index >= 15 is 0 Å². The van der Waals surface area contributed by atoms with Gasteiger partial charge in [-0.05, 0) is 18.8 Å². The minimum atomic E-state index is -0.697. The van der Waals surface area contributed by atoms with Crippen LogP contribution < -0.4 is 0 Å². The van der Waals surface area contributed by atoms with Crippen LogP contribution in [0.1, 0.15) is 31.4 Å². The molecule has 5 heteroatoms. The summed E-state index contributed by atoms with van der Waals surface area (Å²) in [5, 5.41) is 17.0. The van der Waals surface area contributed by atoms with Crippen LogP contribution in [0.5, 0.6) is 0 Å². The lowest BCUT2D eigenvalue weighted by Crippen LogP contribution is -2.24. The molecule has 16 heavy (non-hydrogen) atoms. The average Bonchev–Trinajstić information content (AvgIpc) is 2.84. The van der Waals surface area contributed by atoms with Crippen molar-refractivity contribution in [1.29, 1.82) is 0 Å². The standard InChI is InChI=1S/C11H17N3O2/c1-14-7-9(12-13-14)6-10(11(15)16)8-4-2-3-5-8/h7-8,10H,2-6H2,1H3,(H,15,16). The number of carboxylic acids is 1. The van der Waals surface area contributed by atoms with Crippen molar-refractivity contribution in [3.05, 3.63) is 11.9 Å². The number of carboxylic acid groups (broad SMARTS) is 1. The number of aliphatic carboxylic acids is 1. The summed E-state index contributed by atoms with van der Waals surface area (Å²) in [5.74, 6) is -0.670. The van der Waals surface area contributed by atoms with Crippen LogP contribution in [0.25, 0.3) is 0 Å². The van der Waals surface area contributed by atoms with Crippen LogP contribution in [0.2, 0.25) is 0 Å². The Labute approximate surface area is 94.5 Å². The number of nitrogens with zero attached hydrogens (tertiary/aromatic N) is 3. The summed E-state index contributed by atoms with van der Waals surface area (Å²) in [4.78, 5) is 11.2. The Hall–Kier alpha value is -1.39. The molecule has 1 aliphatic carbocycles. The molecule has 1 aliphatic rings. The van der Waals surface area contributed by atoms with Crippen molar-refractivity contribution in [1.82, 2.24) is 15.0 Å².